The summed E-state index contributed by atoms with van der Waals surface area (Å²) in [4.78, 5) is 0. The minimum Gasteiger partial charge on any atom is -0.496 e. The van der Waals surface area contributed by atoms with Gasteiger partial charge in [-0.05, 0) is 24.3 Å². The van der Waals surface area contributed by atoms with Crippen LogP contribution in [0.4, 0.5) is 18.9 Å². The average Bonchev–Trinajstić information content (AvgIpc) is 2.37. The van der Waals surface area contributed by atoms with Crippen LogP contribution >= 0.6 is 0 Å². The lowest BCUT2D eigenvalue weighted by Crippen LogP contribution is -2.17. The molecule has 6 heteroatoms. The summed E-state index contributed by atoms with van der Waals surface area (Å²) in [6.45, 7) is 0. The number of nitrogen functional groups attached to an aromatic ring is 1. The fourth-order valence-corrected chi connectivity index (χ4v) is 1.84. The minimum atomic E-state index is -4.76. The van der Waals surface area contributed by atoms with Crippen LogP contribution in [0.5, 0.6) is 11.5 Å². The van der Waals surface area contributed by atoms with Crippen LogP contribution in [0.15, 0.2) is 42.5 Å². The highest BCUT2D eigenvalue weighted by Gasteiger charge is 2.32. The van der Waals surface area contributed by atoms with Gasteiger partial charge in [0.15, 0.2) is 0 Å². The summed E-state index contributed by atoms with van der Waals surface area (Å²) < 4.78 is 46.4. The maximum atomic E-state index is 12.4. The quantitative estimate of drug-likeness (QED) is 0.870. The molecule has 0 fully saturated rings. The zero-order valence-corrected chi connectivity index (χ0v) is 10.6. The first kappa shape index (κ1) is 14.0. The van der Waals surface area contributed by atoms with Crippen molar-refractivity contribution in [2.45, 2.75) is 6.36 Å². The van der Waals surface area contributed by atoms with Gasteiger partial charge in [0.2, 0.25) is 0 Å². The number of nitrogens with two attached hydrogens (primary N) is 1. The molecule has 0 atom stereocenters. The monoisotopic (exact) mass is 283 g/mol. The van der Waals surface area contributed by atoms with E-state index < -0.39 is 6.36 Å². The van der Waals surface area contributed by atoms with Crippen LogP contribution in [-0.2, 0) is 0 Å². The van der Waals surface area contributed by atoms with Gasteiger partial charge in [-0.3, -0.25) is 0 Å². The largest absolute Gasteiger partial charge is 0.573 e. The highest BCUT2D eigenvalue weighted by molar-refractivity contribution is 5.78. The molecule has 2 aromatic rings. The molecule has 0 bridgehead atoms. The van der Waals surface area contributed by atoms with E-state index in [2.05, 4.69) is 4.74 Å². The van der Waals surface area contributed by atoms with E-state index >= 15 is 0 Å². The number of rotatable bonds is 3. The Bertz CT molecular complexity index is 612. The summed E-state index contributed by atoms with van der Waals surface area (Å²) in [6.07, 6.45) is -4.76. The topological polar surface area (TPSA) is 44.5 Å². The van der Waals surface area contributed by atoms with Gasteiger partial charge in [-0.15, -0.1) is 13.2 Å². The SMILES string of the molecule is COc1ccc(N)cc1-c1ccccc1OC(F)(F)F. The number of benzene rings is 2. The van der Waals surface area contributed by atoms with Crippen LogP contribution in [0.3, 0.4) is 0 Å². The van der Waals surface area contributed by atoms with Crippen molar-refractivity contribution in [3.05, 3.63) is 42.5 Å². The number of anilines is 1. The van der Waals surface area contributed by atoms with Crippen molar-refractivity contribution in [1.29, 1.82) is 0 Å². The molecule has 0 heterocycles. The molecule has 0 radical (unpaired) electrons. The summed E-state index contributed by atoms with van der Waals surface area (Å²) >= 11 is 0. The van der Waals surface area contributed by atoms with Gasteiger partial charge in [0.05, 0.1) is 7.11 Å². The van der Waals surface area contributed by atoms with E-state index in [0.29, 0.717) is 17.0 Å². The molecular formula is C14H12F3NO2. The molecule has 0 aliphatic carbocycles. The molecule has 20 heavy (non-hydrogen) atoms. The van der Waals surface area contributed by atoms with Crippen LogP contribution in [-0.4, -0.2) is 13.5 Å². The van der Waals surface area contributed by atoms with Gasteiger partial charge in [-0.2, -0.15) is 0 Å². The molecule has 0 saturated carbocycles. The van der Waals surface area contributed by atoms with E-state index in [1.54, 1.807) is 18.2 Å². The second-order valence-electron chi connectivity index (χ2n) is 4.00. The molecule has 0 saturated heterocycles. The van der Waals surface area contributed by atoms with Gasteiger partial charge in [0.25, 0.3) is 0 Å². The molecule has 2 N–H and O–H groups in total. The van der Waals surface area contributed by atoms with Crippen LogP contribution in [0.2, 0.25) is 0 Å². The van der Waals surface area contributed by atoms with Crippen molar-refractivity contribution in [2.75, 3.05) is 12.8 Å². The first-order valence-electron chi connectivity index (χ1n) is 5.69. The smallest absolute Gasteiger partial charge is 0.496 e. The lowest BCUT2D eigenvalue weighted by molar-refractivity contribution is -0.274. The van der Waals surface area contributed by atoms with Gasteiger partial charge in [-0.1, -0.05) is 18.2 Å². The fourth-order valence-electron chi connectivity index (χ4n) is 1.84. The summed E-state index contributed by atoms with van der Waals surface area (Å²) in [7, 11) is 1.43. The summed E-state index contributed by atoms with van der Waals surface area (Å²) in [5.74, 6) is 0.112. The van der Waals surface area contributed by atoms with Crippen molar-refractivity contribution >= 4 is 5.69 Å². The lowest BCUT2D eigenvalue weighted by atomic mass is 10.0. The Morgan fingerprint density at radius 2 is 1.65 bits per heavy atom. The van der Waals surface area contributed by atoms with Crippen LogP contribution < -0.4 is 15.2 Å². The number of hydrogen-bond acceptors (Lipinski definition) is 3. The van der Waals surface area contributed by atoms with Gasteiger partial charge >= 0.3 is 6.36 Å². The maximum absolute atomic E-state index is 12.4. The Morgan fingerprint density at radius 1 is 0.950 bits per heavy atom. The van der Waals surface area contributed by atoms with Gasteiger partial charge in [-0.25, -0.2) is 0 Å². The summed E-state index contributed by atoms with van der Waals surface area (Å²) in [5.41, 5.74) is 6.79. The van der Waals surface area contributed by atoms with E-state index in [-0.39, 0.29) is 11.3 Å². The number of ether oxygens (including phenoxy) is 2. The van der Waals surface area contributed by atoms with Gasteiger partial charge in [0.1, 0.15) is 11.5 Å². The Labute approximate surface area is 113 Å². The van der Waals surface area contributed by atoms with Crippen molar-refractivity contribution in [3.8, 4) is 22.6 Å². The van der Waals surface area contributed by atoms with Crippen LogP contribution in [0.1, 0.15) is 0 Å². The minimum absolute atomic E-state index is 0.258. The van der Waals surface area contributed by atoms with E-state index in [4.69, 9.17) is 10.5 Å². The molecule has 0 amide bonds. The van der Waals surface area contributed by atoms with Crippen molar-refractivity contribution < 1.29 is 22.6 Å². The zero-order chi connectivity index (χ0) is 14.8. The Morgan fingerprint density at radius 3 is 2.30 bits per heavy atom. The zero-order valence-electron chi connectivity index (χ0n) is 10.6. The number of halogens is 3. The van der Waals surface area contributed by atoms with Crippen molar-refractivity contribution in [1.82, 2.24) is 0 Å². The third-order valence-corrected chi connectivity index (χ3v) is 2.63. The first-order valence-corrected chi connectivity index (χ1v) is 5.69. The second-order valence-corrected chi connectivity index (χ2v) is 4.00. The number of para-hydroxylation sites is 1. The first-order chi connectivity index (χ1) is 9.40. The highest BCUT2D eigenvalue weighted by atomic mass is 19.4. The Hall–Kier alpha value is -2.37. The van der Waals surface area contributed by atoms with E-state index in [1.165, 1.54) is 31.4 Å². The van der Waals surface area contributed by atoms with Crippen LogP contribution in [0.25, 0.3) is 11.1 Å². The van der Waals surface area contributed by atoms with Crippen molar-refractivity contribution in [3.63, 3.8) is 0 Å². The fraction of sp³-hybridized carbons (Fsp3) is 0.143. The van der Waals surface area contributed by atoms with Gasteiger partial charge in [0, 0.05) is 16.8 Å². The standard InChI is InChI=1S/C14H12F3NO2/c1-19-12-7-6-9(18)8-11(12)10-4-2-3-5-13(10)20-14(15,16)17/h2-8H,18H2,1H3. The average molecular weight is 283 g/mol. The Balaban J connectivity index is 2.55. The van der Waals surface area contributed by atoms with E-state index in [1.807, 2.05) is 0 Å². The molecular weight excluding hydrogens is 271 g/mol. The predicted molar refractivity (Wildman–Crippen MR) is 69.5 cm³/mol. The highest BCUT2D eigenvalue weighted by Crippen LogP contribution is 2.39. The molecule has 0 unspecified atom stereocenters. The third kappa shape index (κ3) is 3.14. The molecule has 2 rings (SSSR count). The van der Waals surface area contributed by atoms with Crippen molar-refractivity contribution in [2.24, 2.45) is 0 Å². The van der Waals surface area contributed by atoms with Crippen LogP contribution in [0, 0.1) is 0 Å². The molecule has 106 valence electrons. The van der Waals surface area contributed by atoms with Gasteiger partial charge < -0.3 is 15.2 Å². The Kier molecular flexibility index (Phi) is 3.74. The molecule has 0 aliphatic heterocycles. The molecule has 2 aromatic carbocycles. The summed E-state index contributed by atoms with van der Waals surface area (Å²) in [5, 5.41) is 0. The summed E-state index contributed by atoms with van der Waals surface area (Å²) in [6, 6.07) is 10.6. The van der Waals surface area contributed by atoms with E-state index in [0.717, 1.165) is 0 Å². The second kappa shape index (κ2) is 5.32. The lowest BCUT2D eigenvalue weighted by Gasteiger charge is -2.15. The van der Waals surface area contributed by atoms with E-state index in [9.17, 15) is 13.2 Å². The predicted octanol–water partition coefficient (Wildman–Crippen LogP) is 3.84. The molecule has 0 aliphatic rings. The number of methoxy groups -OCH3 is 1. The third-order valence-electron chi connectivity index (χ3n) is 2.63. The maximum Gasteiger partial charge on any atom is 0.573 e. The normalized spacial score (nSPS) is 11.2. The number of hydrogen-bond donors (Lipinski definition) is 1. The number of alkyl halides is 3. The molecule has 0 aromatic heterocycles. The molecule has 3 nitrogen and oxygen atoms in total. The molecule has 0 spiro atoms.